The Balaban J connectivity index is 2.51. The third-order valence-electron chi connectivity index (χ3n) is 3.35. The molecule has 0 saturated heterocycles. The largest absolute Gasteiger partial charge is 0.481 e. The highest BCUT2D eigenvalue weighted by atomic mass is 32.2. The van der Waals surface area contributed by atoms with E-state index in [1.165, 1.54) is 17.3 Å². The Morgan fingerprint density at radius 1 is 1.43 bits per heavy atom. The molecule has 114 valence electrons. The molecule has 2 rings (SSSR count). The van der Waals surface area contributed by atoms with Crippen LogP contribution in [-0.4, -0.2) is 37.4 Å². The van der Waals surface area contributed by atoms with E-state index in [4.69, 9.17) is 5.11 Å². The van der Waals surface area contributed by atoms with E-state index in [1.807, 2.05) is 12.1 Å². The molecule has 0 unspecified atom stereocenters. The molecule has 0 radical (unpaired) electrons. The fourth-order valence-corrected chi connectivity index (χ4v) is 3.16. The number of aliphatic carboxylic acids is 1. The first-order valence-electron chi connectivity index (χ1n) is 6.69. The molecule has 0 saturated carbocycles. The lowest BCUT2D eigenvalue weighted by atomic mass is 10.1. The molecule has 21 heavy (non-hydrogen) atoms. The Labute approximate surface area is 133 Å². The van der Waals surface area contributed by atoms with Gasteiger partial charge in [0.05, 0.1) is 16.8 Å². The Morgan fingerprint density at radius 3 is 2.76 bits per heavy atom. The summed E-state index contributed by atoms with van der Waals surface area (Å²) >= 11 is 3.08. The molecule has 0 fully saturated rings. The maximum Gasteiger partial charge on any atom is 0.313 e. The van der Waals surface area contributed by atoms with Crippen LogP contribution in [0.4, 0.5) is 0 Å². The van der Waals surface area contributed by atoms with Crippen molar-refractivity contribution in [2.75, 3.05) is 12.0 Å². The van der Waals surface area contributed by atoms with Gasteiger partial charge in [0.1, 0.15) is 0 Å². The molecule has 0 aliphatic rings. The fraction of sp³-hybridized carbons (Fsp3) is 0.467. The number of hydrogen-bond donors (Lipinski definition) is 1. The quantitative estimate of drug-likeness (QED) is 0.822. The van der Waals surface area contributed by atoms with Crippen LogP contribution >= 0.6 is 23.5 Å². The minimum atomic E-state index is -0.820. The zero-order valence-electron chi connectivity index (χ0n) is 12.7. The Hall–Kier alpha value is -1.14. The van der Waals surface area contributed by atoms with E-state index in [9.17, 15) is 4.79 Å². The highest BCUT2D eigenvalue weighted by molar-refractivity contribution is 8.00. The van der Waals surface area contributed by atoms with Gasteiger partial charge in [0, 0.05) is 11.3 Å². The number of imidazole rings is 1. The van der Waals surface area contributed by atoms with E-state index in [-0.39, 0.29) is 10.5 Å². The molecule has 0 atom stereocenters. The second kappa shape index (κ2) is 6.32. The van der Waals surface area contributed by atoms with Crippen LogP contribution in [0, 0.1) is 6.92 Å². The van der Waals surface area contributed by atoms with Crippen LogP contribution in [0.15, 0.2) is 23.4 Å². The topological polar surface area (TPSA) is 55.1 Å². The Morgan fingerprint density at radius 2 is 2.14 bits per heavy atom. The highest BCUT2D eigenvalue weighted by Gasteiger charge is 2.22. The molecule has 0 spiro atoms. The first kappa shape index (κ1) is 16.2. The molecule has 1 heterocycles. The molecule has 2 aromatic rings. The smallest absolute Gasteiger partial charge is 0.313 e. The number of fused-ring (bicyclic) bond motifs is 1. The predicted molar refractivity (Wildman–Crippen MR) is 90.4 cm³/mol. The number of carboxylic acid groups (broad SMARTS) is 1. The van der Waals surface area contributed by atoms with Crippen molar-refractivity contribution in [2.24, 2.45) is 0 Å². The SMILES string of the molecule is CSC(C)(C)Cn1c(SCC(=O)O)nc2cccc(C)c21. The number of hydrogen-bond acceptors (Lipinski definition) is 4. The summed E-state index contributed by atoms with van der Waals surface area (Å²) in [5.41, 5.74) is 3.20. The number of carboxylic acids is 1. The van der Waals surface area contributed by atoms with E-state index in [1.54, 1.807) is 11.8 Å². The van der Waals surface area contributed by atoms with Gasteiger partial charge in [-0.25, -0.2) is 4.98 Å². The molecular weight excluding hydrogens is 304 g/mol. The lowest BCUT2D eigenvalue weighted by molar-refractivity contribution is -0.133. The summed E-state index contributed by atoms with van der Waals surface area (Å²) in [5.74, 6) is -0.790. The van der Waals surface area contributed by atoms with Gasteiger partial charge in [0.25, 0.3) is 0 Å². The summed E-state index contributed by atoms with van der Waals surface area (Å²) in [6.07, 6.45) is 2.09. The fourth-order valence-electron chi connectivity index (χ4n) is 2.17. The summed E-state index contributed by atoms with van der Waals surface area (Å²) in [7, 11) is 0. The van der Waals surface area contributed by atoms with Gasteiger partial charge in [0.2, 0.25) is 0 Å². The van der Waals surface area contributed by atoms with Crippen LogP contribution in [0.3, 0.4) is 0 Å². The molecule has 0 amide bonds. The lowest BCUT2D eigenvalue weighted by Gasteiger charge is -2.24. The maximum absolute atomic E-state index is 10.8. The van der Waals surface area contributed by atoms with Gasteiger partial charge in [-0.3, -0.25) is 4.79 Å². The number of nitrogens with zero attached hydrogens (tertiary/aromatic N) is 2. The molecular formula is C15H20N2O2S2. The van der Waals surface area contributed by atoms with Crippen molar-refractivity contribution in [1.29, 1.82) is 0 Å². The lowest BCUT2D eigenvalue weighted by Crippen LogP contribution is -2.23. The molecule has 1 N–H and O–H groups in total. The zero-order valence-corrected chi connectivity index (χ0v) is 14.3. The van der Waals surface area contributed by atoms with Gasteiger partial charge in [-0.1, -0.05) is 23.9 Å². The van der Waals surface area contributed by atoms with Crippen molar-refractivity contribution >= 4 is 40.5 Å². The zero-order chi connectivity index (χ0) is 15.6. The van der Waals surface area contributed by atoms with Gasteiger partial charge in [-0.05, 0) is 38.7 Å². The minimum absolute atomic E-state index is 0.0298. The molecule has 6 heteroatoms. The second-order valence-electron chi connectivity index (χ2n) is 5.57. The van der Waals surface area contributed by atoms with Crippen molar-refractivity contribution in [3.8, 4) is 0 Å². The number of benzene rings is 1. The normalized spacial score (nSPS) is 12.0. The van der Waals surface area contributed by atoms with E-state index < -0.39 is 5.97 Å². The molecule has 0 aliphatic carbocycles. The Bertz CT molecular complexity index is 665. The average molecular weight is 324 g/mol. The predicted octanol–water partition coefficient (Wildman–Crippen LogP) is 3.66. The number of aromatic nitrogens is 2. The summed E-state index contributed by atoms with van der Waals surface area (Å²) < 4.78 is 2.23. The van der Waals surface area contributed by atoms with Crippen LogP contribution in [0.5, 0.6) is 0 Å². The molecule has 1 aromatic carbocycles. The van der Waals surface area contributed by atoms with Gasteiger partial charge in [0.15, 0.2) is 5.16 Å². The number of rotatable bonds is 6. The number of aryl methyl sites for hydroxylation is 1. The average Bonchev–Trinajstić information content (AvgIpc) is 2.75. The molecule has 0 aliphatic heterocycles. The van der Waals surface area contributed by atoms with Crippen LogP contribution in [0.25, 0.3) is 11.0 Å². The summed E-state index contributed by atoms with van der Waals surface area (Å²) in [6.45, 7) is 7.25. The molecule has 1 aromatic heterocycles. The van der Waals surface area contributed by atoms with Crippen molar-refractivity contribution in [3.63, 3.8) is 0 Å². The number of thioether (sulfide) groups is 2. The molecule has 0 bridgehead atoms. The van der Waals surface area contributed by atoms with Crippen LogP contribution in [0.2, 0.25) is 0 Å². The summed E-state index contributed by atoms with van der Waals surface area (Å²) in [6, 6.07) is 6.04. The first-order valence-corrected chi connectivity index (χ1v) is 8.91. The van der Waals surface area contributed by atoms with Gasteiger partial charge in [-0.2, -0.15) is 11.8 Å². The monoisotopic (exact) mass is 324 g/mol. The van der Waals surface area contributed by atoms with E-state index in [0.717, 1.165) is 22.7 Å². The van der Waals surface area contributed by atoms with Crippen molar-refractivity contribution in [2.45, 2.75) is 37.2 Å². The van der Waals surface area contributed by atoms with E-state index in [0.29, 0.717) is 0 Å². The second-order valence-corrected chi connectivity index (χ2v) is 8.03. The van der Waals surface area contributed by atoms with Crippen molar-refractivity contribution < 1.29 is 9.90 Å². The van der Waals surface area contributed by atoms with Crippen molar-refractivity contribution in [1.82, 2.24) is 9.55 Å². The minimum Gasteiger partial charge on any atom is -0.481 e. The van der Waals surface area contributed by atoms with E-state index >= 15 is 0 Å². The maximum atomic E-state index is 10.8. The number of para-hydroxylation sites is 1. The van der Waals surface area contributed by atoms with Crippen molar-refractivity contribution in [3.05, 3.63) is 23.8 Å². The van der Waals surface area contributed by atoms with Crippen LogP contribution < -0.4 is 0 Å². The molecule has 4 nitrogen and oxygen atoms in total. The standard InChI is InChI=1S/C15H20N2O2S2/c1-10-6-5-7-11-13(10)17(9-15(2,3)20-4)14(16-11)21-8-12(18)19/h5-7H,8-9H2,1-4H3,(H,18,19). The van der Waals surface area contributed by atoms with E-state index in [2.05, 4.69) is 42.6 Å². The van der Waals surface area contributed by atoms with Gasteiger partial charge < -0.3 is 9.67 Å². The number of carbonyl (C=O) groups is 1. The third kappa shape index (κ3) is 3.74. The highest BCUT2D eigenvalue weighted by Crippen LogP contribution is 2.31. The van der Waals surface area contributed by atoms with Crippen LogP contribution in [-0.2, 0) is 11.3 Å². The van der Waals surface area contributed by atoms with Gasteiger partial charge in [-0.15, -0.1) is 0 Å². The third-order valence-corrected chi connectivity index (χ3v) is 5.55. The Kier molecular flexibility index (Phi) is 4.88. The first-order chi connectivity index (χ1) is 9.84. The van der Waals surface area contributed by atoms with Crippen LogP contribution in [0.1, 0.15) is 19.4 Å². The van der Waals surface area contributed by atoms with Gasteiger partial charge >= 0.3 is 5.97 Å². The summed E-state index contributed by atoms with van der Waals surface area (Å²) in [5, 5.41) is 9.69. The summed E-state index contributed by atoms with van der Waals surface area (Å²) in [4.78, 5) is 15.5.